The van der Waals surface area contributed by atoms with Crippen molar-refractivity contribution in [1.82, 2.24) is 0 Å². The van der Waals surface area contributed by atoms with Crippen LogP contribution in [0, 0.1) is 0 Å². The smallest absolute Gasteiger partial charge is 0.258 e. The van der Waals surface area contributed by atoms with Gasteiger partial charge in [0.2, 0.25) is 0 Å². The highest BCUT2D eigenvalue weighted by atomic mass is 16.2. The van der Waals surface area contributed by atoms with E-state index in [0.29, 0.717) is 12.1 Å². The van der Waals surface area contributed by atoms with Gasteiger partial charge in [0.25, 0.3) is 5.91 Å². The Balaban J connectivity index is 1.94. The van der Waals surface area contributed by atoms with Gasteiger partial charge in [-0.3, -0.25) is 4.79 Å². The van der Waals surface area contributed by atoms with Crippen molar-refractivity contribution < 1.29 is 4.79 Å². The molecule has 0 aliphatic carbocycles. The normalized spacial score (nSPS) is 13.9. The van der Waals surface area contributed by atoms with Crippen molar-refractivity contribution in [2.45, 2.75) is 19.4 Å². The van der Waals surface area contributed by atoms with Crippen LogP contribution in [0.15, 0.2) is 42.5 Å². The minimum absolute atomic E-state index is 0.0186. The Kier molecular flexibility index (Phi) is 3.62. The van der Waals surface area contributed by atoms with E-state index >= 15 is 0 Å². The van der Waals surface area contributed by atoms with Gasteiger partial charge in [0, 0.05) is 30.0 Å². The van der Waals surface area contributed by atoms with Gasteiger partial charge in [-0.25, -0.2) is 0 Å². The largest absolute Gasteiger partial charge is 0.398 e. The maximum absolute atomic E-state index is 12.7. The van der Waals surface area contributed by atoms with Crippen LogP contribution in [0.3, 0.4) is 0 Å². The molecule has 0 radical (unpaired) electrons. The Morgan fingerprint density at radius 2 is 1.90 bits per heavy atom. The summed E-state index contributed by atoms with van der Waals surface area (Å²) in [7, 11) is 0. The molecule has 1 amide bonds. The van der Waals surface area contributed by atoms with Gasteiger partial charge in [-0.1, -0.05) is 18.2 Å². The molecule has 1 aliphatic rings. The van der Waals surface area contributed by atoms with Crippen LogP contribution in [-0.4, -0.2) is 12.5 Å². The molecular formula is C17H19N3O. The van der Waals surface area contributed by atoms with Crippen LogP contribution in [0.4, 0.5) is 11.4 Å². The van der Waals surface area contributed by atoms with Gasteiger partial charge in [-0.2, -0.15) is 0 Å². The first-order valence-corrected chi connectivity index (χ1v) is 7.19. The van der Waals surface area contributed by atoms with Crippen molar-refractivity contribution in [1.29, 1.82) is 0 Å². The van der Waals surface area contributed by atoms with Crippen LogP contribution < -0.4 is 16.4 Å². The molecule has 108 valence electrons. The Morgan fingerprint density at radius 1 is 1.14 bits per heavy atom. The molecule has 1 aliphatic heterocycles. The van der Waals surface area contributed by atoms with Crippen molar-refractivity contribution in [2.75, 3.05) is 17.2 Å². The van der Waals surface area contributed by atoms with E-state index in [1.807, 2.05) is 47.4 Å². The number of hydrogen-bond acceptors (Lipinski definition) is 3. The zero-order chi connectivity index (χ0) is 14.8. The first-order chi connectivity index (χ1) is 10.2. The van der Waals surface area contributed by atoms with Crippen molar-refractivity contribution in [3.8, 4) is 0 Å². The highest BCUT2D eigenvalue weighted by Crippen LogP contribution is 2.32. The van der Waals surface area contributed by atoms with E-state index in [-0.39, 0.29) is 5.91 Å². The van der Waals surface area contributed by atoms with Gasteiger partial charge in [-0.05, 0) is 48.2 Å². The number of fused-ring (bicyclic) bond motifs is 1. The SMILES string of the molecule is NCc1ccc(C(=O)N2CCCc3c(N)cccc32)cc1. The van der Waals surface area contributed by atoms with Crippen molar-refractivity contribution in [3.63, 3.8) is 0 Å². The van der Waals surface area contributed by atoms with E-state index in [1.54, 1.807) is 0 Å². The molecule has 2 aromatic rings. The van der Waals surface area contributed by atoms with E-state index in [0.717, 1.165) is 41.9 Å². The van der Waals surface area contributed by atoms with Gasteiger partial charge in [0.05, 0.1) is 0 Å². The fourth-order valence-corrected chi connectivity index (χ4v) is 2.80. The van der Waals surface area contributed by atoms with Crippen molar-refractivity contribution in [2.24, 2.45) is 5.73 Å². The topological polar surface area (TPSA) is 72.4 Å². The van der Waals surface area contributed by atoms with Crippen LogP contribution in [0.1, 0.15) is 27.9 Å². The molecule has 4 heteroatoms. The lowest BCUT2D eigenvalue weighted by atomic mass is 9.99. The summed E-state index contributed by atoms with van der Waals surface area (Å²) in [5, 5.41) is 0. The lowest BCUT2D eigenvalue weighted by Gasteiger charge is -2.30. The van der Waals surface area contributed by atoms with Crippen LogP contribution in [-0.2, 0) is 13.0 Å². The Hall–Kier alpha value is -2.33. The minimum Gasteiger partial charge on any atom is -0.398 e. The molecule has 0 atom stereocenters. The summed E-state index contributed by atoms with van der Waals surface area (Å²) in [6.45, 7) is 1.21. The van der Waals surface area contributed by atoms with Crippen LogP contribution in [0.5, 0.6) is 0 Å². The van der Waals surface area contributed by atoms with Crippen LogP contribution in [0.2, 0.25) is 0 Å². The third-order valence-corrected chi connectivity index (χ3v) is 3.97. The second-order valence-corrected chi connectivity index (χ2v) is 5.31. The molecule has 1 heterocycles. The van der Waals surface area contributed by atoms with Crippen LogP contribution in [0.25, 0.3) is 0 Å². The summed E-state index contributed by atoms with van der Waals surface area (Å²) >= 11 is 0. The predicted molar refractivity (Wildman–Crippen MR) is 85.2 cm³/mol. The number of amides is 1. The predicted octanol–water partition coefficient (Wildman–Crippen LogP) is 2.32. The number of benzene rings is 2. The maximum Gasteiger partial charge on any atom is 0.258 e. The summed E-state index contributed by atoms with van der Waals surface area (Å²) in [5.74, 6) is 0.0186. The zero-order valence-electron chi connectivity index (χ0n) is 11.9. The lowest BCUT2D eigenvalue weighted by molar-refractivity contribution is 0.0985. The number of carbonyl (C=O) groups excluding carboxylic acids is 1. The second-order valence-electron chi connectivity index (χ2n) is 5.31. The number of nitrogens with zero attached hydrogens (tertiary/aromatic N) is 1. The van der Waals surface area contributed by atoms with Gasteiger partial charge in [0.15, 0.2) is 0 Å². The van der Waals surface area contributed by atoms with E-state index in [4.69, 9.17) is 11.5 Å². The Bertz CT molecular complexity index is 664. The monoisotopic (exact) mass is 281 g/mol. The summed E-state index contributed by atoms with van der Waals surface area (Å²) in [6, 6.07) is 13.2. The second kappa shape index (κ2) is 5.58. The molecular weight excluding hydrogens is 262 g/mol. The summed E-state index contributed by atoms with van der Waals surface area (Å²) < 4.78 is 0. The number of hydrogen-bond donors (Lipinski definition) is 2. The van der Waals surface area contributed by atoms with Crippen LogP contribution >= 0.6 is 0 Å². The first-order valence-electron chi connectivity index (χ1n) is 7.19. The Morgan fingerprint density at radius 3 is 2.62 bits per heavy atom. The molecule has 0 saturated heterocycles. The summed E-state index contributed by atoms with van der Waals surface area (Å²) in [6.07, 6.45) is 1.87. The first kappa shape index (κ1) is 13.6. The highest BCUT2D eigenvalue weighted by molar-refractivity contribution is 6.07. The van der Waals surface area contributed by atoms with E-state index < -0.39 is 0 Å². The zero-order valence-corrected chi connectivity index (χ0v) is 11.9. The summed E-state index contributed by atoms with van der Waals surface area (Å²) in [5.41, 5.74) is 16.1. The van der Waals surface area contributed by atoms with E-state index in [9.17, 15) is 4.79 Å². The van der Waals surface area contributed by atoms with Gasteiger partial charge < -0.3 is 16.4 Å². The Labute approximate surface area is 124 Å². The standard InChI is InChI=1S/C17H19N3O/c18-11-12-6-8-13(9-7-12)17(21)20-10-2-3-14-15(19)4-1-5-16(14)20/h1,4-9H,2-3,10-11,18-19H2. The minimum atomic E-state index is 0.0186. The molecule has 0 spiro atoms. The van der Waals surface area contributed by atoms with Gasteiger partial charge >= 0.3 is 0 Å². The average Bonchev–Trinajstić information content (AvgIpc) is 2.54. The number of rotatable bonds is 2. The van der Waals surface area contributed by atoms with Crippen molar-refractivity contribution >= 4 is 17.3 Å². The summed E-state index contributed by atoms with van der Waals surface area (Å²) in [4.78, 5) is 14.6. The lowest BCUT2D eigenvalue weighted by Crippen LogP contribution is -2.35. The molecule has 21 heavy (non-hydrogen) atoms. The third-order valence-electron chi connectivity index (χ3n) is 3.97. The number of carbonyl (C=O) groups is 1. The van der Waals surface area contributed by atoms with Crippen molar-refractivity contribution in [3.05, 3.63) is 59.2 Å². The van der Waals surface area contributed by atoms with Gasteiger partial charge in [-0.15, -0.1) is 0 Å². The van der Waals surface area contributed by atoms with Gasteiger partial charge in [0.1, 0.15) is 0 Å². The fraction of sp³-hybridized carbons (Fsp3) is 0.235. The highest BCUT2D eigenvalue weighted by Gasteiger charge is 2.24. The average molecular weight is 281 g/mol. The molecule has 2 aromatic carbocycles. The number of anilines is 2. The molecule has 0 fully saturated rings. The fourth-order valence-electron chi connectivity index (χ4n) is 2.80. The quantitative estimate of drug-likeness (QED) is 0.830. The van der Waals surface area contributed by atoms with E-state index in [2.05, 4.69) is 0 Å². The maximum atomic E-state index is 12.7. The molecule has 0 bridgehead atoms. The number of nitrogen functional groups attached to an aromatic ring is 1. The van der Waals surface area contributed by atoms with E-state index in [1.165, 1.54) is 0 Å². The molecule has 4 nitrogen and oxygen atoms in total. The molecule has 0 saturated carbocycles. The number of nitrogens with two attached hydrogens (primary N) is 2. The molecule has 4 N–H and O–H groups in total. The molecule has 0 unspecified atom stereocenters. The molecule has 0 aromatic heterocycles. The third kappa shape index (κ3) is 2.50. The molecule has 3 rings (SSSR count).